The molecule has 1 aromatic heterocycles. The van der Waals surface area contributed by atoms with Gasteiger partial charge < -0.3 is 24.4 Å². The van der Waals surface area contributed by atoms with Gasteiger partial charge in [0.2, 0.25) is 0 Å². The van der Waals surface area contributed by atoms with Crippen molar-refractivity contribution >= 4 is 16.9 Å². The third-order valence-electron chi connectivity index (χ3n) is 4.81. The van der Waals surface area contributed by atoms with E-state index in [0.29, 0.717) is 46.8 Å². The fourth-order valence-electron chi connectivity index (χ4n) is 3.04. The Morgan fingerprint density at radius 2 is 1.83 bits per heavy atom. The van der Waals surface area contributed by atoms with E-state index in [1.165, 1.54) is 12.3 Å². The standard InChI is InChI=1S/C22H21NO6/c1-12(2)20(23)22(25)29-14-4-5-15-18(10-14)28-11-16(21(15)24)13-3-6-17-19(9-13)27-8-7-26-17/h3-6,9-12,20H,7-8,23H2,1-2H3/t20-/m1/s1. The van der Waals surface area contributed by atoms with Crippen LogP contribution in [0.25, 0.3) is 22.1 Å². The van der Waals surface area contributed by atoms with Crippen LogP contribution >= 0.6 is 0 Å². The van der Waals surface area contributed by atoms with E-state index in [2.05, 4.69) is 0 Å². The van der Waals surface area contributed by atoms with Gasteiger partial charge >= 0.3 is 5.97 Å². The van der Waals surface area contributed by atoms with Crippen molar-refractivity contribution in [2.24, 2.45) is 11.7 Å². The van der Waals surface area contributed by atoms with Gasteiger partial charge in [0.25, 0.3) is 0 Å². The van der Waals surface area contributed by atoms with Gasteiger partial charge in [-0.2, -0.15) is 0 Å². The first-order valence-electron chi connectivity index (χ1n) is 9.37. The van der Waals surface area contributed by atoms with Crippen molar-refractivity contribution < 1.29 is 23.4 Å². The molecule has 0 radical (unpaired) electrons. The molecule has 0 fully saturated rings. The van der Waals surface area contributed by atoms with Crippen LogP contribution in [0.5, 0.6) is 17.2 Å². The number of esters is 1. The Hall–Kier alpha value is -3.32. The van der Waals surface area contributed by atoms with Gasteiger partial charge in [-0.1, -0.05) is 19.9 Å². The third-order valence-corrected chi connectivity index (χ3v) is 4.81. The van der Waals surface area contributed by atoms with Gasteiger partial charge in [-0.3, -0.25) is 4.79 Å². The Labute approximate surface area is 167 Å². The van der Waals surface area contributed by atoms with Crippen LogP contribution in [-0.4, -0.2) is 25.2 Å². The summed E-state index contributed by atoms with van der Waals surface area (Å²) in [6, 6.07) is 9.23. The number of rotatable bonds is 4. The summed E-state index contributed by atoms with van der Waals surface area (Å²) in [4.78, 5) is 25.0. The first kappa shape index (κ1) is 19.0. The van der Waals surface area contributed by atoms with Gasteiger partial charge in [0.1, 0.15) is 36.9 Å². The second kappa shape index (κ2) is 7.60. The third kappa shape index (κ3) is 3.69. The van der Waals surface area contributed by atoms with E-state index in [9.17, 15) is 9.59 Å². The van der Waals surface area contributed by atoms with Crippen LogP contribution in [-0.2, 0) is 4.79 Å². The van der Waals surface area contributed by atoms with Crippen molar-refractivity contribution in [3.05, 3.63) is 52.9 Å². The molecule has 0 aliphatic carbocycles. The molecule has 0 unspecified atom stereocenters. The summed E-state index contributed by atoms with van der Waals surface area (Å²) in [6.45, 7) is 4.64. The number of hydrogen-bond acceptors (Lipinski definition) is 7. The molecule has 3 aromatic rings. The van der Waals surface area contributed by atoms with Crippen LogP contribution in [0.3, 0.4) is 0 Å². The highest BCUT2D eigenvalue weighted by molar-refractivity contribution is 5.84. The molecule has 0 bridgehead atoms. The van der Waals surface area contributed by atoms with E-state index < -0.39 is 12.0 Å². The summed E-state index contributed by atoms with van der Waals surface area (Å²) < 4.78 is 22.1. The number of fused-ring (bicyclic) bond motifs is 2. The number of nitrogens with two attached hydrogens (primary N) is 1. The number of carbonyl (C=O) groups excluding carboxylic acids is 1. The Morgan fingerprint density at radius 3 is 2.59 bits per heavy atom. The lowest BCUT2D eigenvalue weighted by Crippen LogP contribution is -2.38. The Morgan fingerprint density at radius 1 is 1.07 bits per heavy atom. The van der Waals surface area contributed by atoms with Crippen molar-refractivity contribution in [2.75, 3.05) is 13.2 Å². The highest BCUT2D eigenvalue weighted by atomic mass is 16.6. The van der Waals surface area contributed by atoms with E-state index in [4.69, 9.17) is 24.4 Å². The van der Waals surface area contributed by atoms with Crippen LogP contribution in [0.15, 0.2) is 51.9 Å². The maximum Gasteiger partial charge on any atom is 0.328 e. The molecule has 2 aromatic carbocycles. The second-order valence-corrected chi connectivity index (χ2v) is 7.19. The normalized spacial score (nSPS) is 14.1. The smallest absolute Gasteiger partial charge is 0.328 e. The van der Waals surface area contributed by atoms with E-state index in [1.807, 2.05) is 13.8 Å². The molecule has 0 amide bonds. The molecule has 2 N–H and O–H groups in total. The fourth-order valence-corrected chi connectivity index (χ4v) is 3.04. The zero-order chi connectivity index (χ0) is 20.5. The van der Waals surface area contributed by atoms with E-state index >= 15 is 0 Å². The lowest BCUT2D eigenvalue weighted by atomic mass is 10.0. The van der Waals surface area contributed by atoms with E-state index in [0.717, 1.165) is 0 Å². The fraction of sp³-hybridized carbons (Fsp3) is 0.273. The maximum absolute atomic E-state index is 13.0. The molecule has 0 spiro atoms. The van der Waals surface area contributed by atoms with Crippen LogP contribution < -0.4 is 25.4 Å². The van der Waals surface area contributed by atoms with Crippen LogP contribution in [0.2, 0.25) is 0 Å². The summed E-state index contributed by atoms with van der Waals surface area (Å²) in [5.74, 6) is 0.936. The number of carbonyl (C=O) groups is 1. The maximum atomic E-state index is 13.0. The minimum atomic E-state index is -0.727. The molecule has 0 saturated carbocycles. The first-order valence-corrected chi connectivity index (χ1v) is 9.37. The van der Waals surface area contributed by atoms with Gasteiger partial charge in [0.15, 0.2) is 16.9 Å². The molecule has 1 atom stereocenters. The molecular weight excluding hydrogens is 374 g/mol. The van der Waals surface area contributed by atoms with Crippen molar-refractivity contribution in [1.29, 1.82) is 0 Å². The molecule has 1 aliphatic rings. The van der Waals surface area contributed by atoms with Crippen LogP contribution in [0, 0.1) is 5.92 Å². The topological polar surface area (TPSA) is 101 Å². The molecule has 4 rings (SSSR count). The van der Waals surface area contributed by atoms with Crippen LogP contribution in [0.4, 0.5) is 0 Å². The molecule has 0 saturated heterocycles. The quantitative estimate of drug-likeness (QED) is 0.535. The molecule has 7 heteroatoms. The Kier molecular flexibility index (Phi) is 4.98. The summed E-state index contributed by atoms with van der Waals surface area (Å²) in [5.41, 5.74) is 7.01. The predicted octanol–water partition coefficient (Wildman–Crippen LogP) is 3.12. The first-order chi connectivity index (χ1) is 13.9. The summed E-state index contributed by atoms with van der Waals surface area (Å²) in [5, 5.41) is 0.380. The second-order valence-electron chi connectivity index (χ2n) is 7.19. The van der Waals surface area contributed by atoms with Gasteiger partial charge in [-0.25, -0.2) is 4.79 Å². The summed E-state index contributed by atoms with van der Waals surface area (Å²) >= 11 is 0. The number of hydrogen-bond donors (Lipinski definition) is 1. The van der Waals surface area contributed by atoms with Crippen molar-refractivity contribution in [2.45, 2.75) is 19.9 Å². The summed E-state index contributed by atoms with van der Waals surface area (Å²) in [6.07, 6.45) is 1.39. The average Bonchev–Trinajstić information content (AvgIpc) is 2.73. The lowest BCUT2D eigenvalue weighted by molar-refractivity contribution is -0.136. The summed E-state index contributed by atoms with van der Waals surface area (Å²) in [7, 11) is 0. The SMILES string of the molecule is CC(C)[C@@H](N)C(=O)Oc1ccc2c(=O)c(-c3ccc4c(c3)OCCO4)coc2c1. The largest absolute Gasteiger partial charge is 0.486 e. The van der Waals surface area contributed by atoms with Crippen LogP contribution in [0.1, 0.15) is 13.8 Å². The van der Waals surface area contributed by atoms with Gasteiger partial charge in [-0.05, 0) is 35.7 Å². The number of benzene rings is 2. The molecule has 7 nitrogen and oxygen atoms in total. The zero-order valence-electron chi connectivity index (χ0n) is 16.1. The van der Waals surface area contributed by atoms with Crippen molar-refractivity contribution in [3.8, 4) is 28.4 Å². The van der Waals surface area contributed by atoms with Gasteiger partial charge in [-0.15, -0.1) is 0 Å². The number of ether oxygens (including phenoxy) is 3. The van der Waals surface area contributed by atoms with Gasteiger partial charge in [0.05, 0.1) is 10.9 Å². The molecular formula is C22H21NO6. The minimum absolute atomic E-state index is 0.0468. The van der Waals surface area contributed by atoms with E-state index in [-0.39, 0.29) is 17.1 Å². The Balaban J connectivity index is 1.66. The Bertz CT molecular complexity index is 1130. The molecule has 2 heterocycles. The minimum Gasteiger partial charge on any atom is -0.486 e. The highest BCUT2D eigenvalue weighted by Gasteiger charge is 2.20. The highest BCUT2D eigenvalue weighted by Crippen LogP contribution is 2.34. The average molecular weight is 395 g/mol. The monoisotopic (exact) mass is 395 g/mol. The molecule has 1 aliphatic heterocycles. The van der Waals surface area contributed by atoms with Crippen molar-refractivity contribution in [1.82, 2.24) is 0 Å². The lowest BCUT2D eigenvalue weighted by Gasteiger charge is -2.18. The van der Waals surface area contributed by atoms with E-state index in [1.54, 1.807) is 30.3 Å². The zero-order valence-corrected chi connectivity index (χ0v) is 16.1. The molecule has 150 valence electrons. The van der Waals surface area contributed by atoms with Gasteiger partial charge in [0, 0.05) is 6.07 Å². The van der Waals surface area contributed by atoms with Crippen molar-refractivity contribution in [3.63, 3.8) is 0 Å². The predicted molar refractivity (Wildman–Crippen MR) is 107 cm³/mol. The molecule has 29 heavy (non-hydrogen) atoms.